The van der Waals surface area contributed by atoms with E-state index in [4.69, 9.17) is 4.74 Å². The molecule has 9 heteroatoms. The number of hydrogen-bond donors (Lipinski definition) is 2. The minimum absolute atomic E-state index is 0.0244. The summed E-state index contributed by atoms with van der Waals surface area (Å²) in [5.41, 5.74) is 0.391. The predicted molar refractivity (Wildman–Crippen MR) is 121 cm³/mol. The lowest BCUT2D eigenvalue weighted by Crippen LogP contribution is -2.38. The minimum atomic E-state index is -4.33. The van der Waals surface area contributed by atoms with Crippen molar-refractivity contribution in [1.29, 1.82) is 0 Å². The predicted octanol–water partition coefficient (Wildman–Crippen LogP) is 5.67. The lowest BCUT2D eigenvalue weighted by molar-refractivity contribution is -0.184. The Morgan fingerprint density at radius 3 is 2.47 bits per heavy atom. The van der Waals surface area contributed by atoms with Crippen molar-refractivity contribution in [2.45, 2.75) is 51.6 Å². The first-order valence-corrected chi connectivity index (χ1v) is 11.0. The van der Waals surface area contributed by atoms with Crippen LogP contribution in [-0.2, 0) is 11.8 Å². The number of carbonyl (C=O) groups is 1. The van der Waals surface area contributed by atoms with Gasteiger partial charge in [0.2, 0.25) is 0 Å². The van der Waals surface area contributed by atoms with Crippen LogP contribution in [0.4, 0.5) is 17.6 Å². The van der Waals surface area contributed by atoms with E-state index in [2.05, 4.69) is 15.3 Å². The summed E-state index contributed by atoms with van der Waals surface area (Å²) in [7, 11) is 1.54. The number of ether oxygens (including phenoxy) is 1. The zero-order valence-electron chi connectivity index (χ0n) is 19.5. The van der Waals surface area contributed by atoms with E-state index in [1.807, 2.05) is 20.8 Å². The van der Waals surface area contributed by atoms with Crippen LogP contribution in [0.25, 0.3) is 11.0 Å². The Labute approximate surface area is 194 Å². The molecule has 182 valence electrons. The van der Waals surface area contributed by atoms with Gasteiger partial charge in [-0.05, 0) is 54.2 Å². The van der Waals surface area contributed by atoms with Gasteiger partial charge in [0.25, 0.3) is 5.91 Å². The molecule has 34 heavy (non-hydrogen) atoms. The largest absolute Gasteiger partial charge is 0.496 e. The standard InChI is InChI=1S/C25H27F4N3O2/c1-23(2,3)16-12-17(26)15(10-20(16)34-4)11-21-31-18-6-5-14(9-19(18)32-21)22(33)30-13-24(7-8-24)25(27,28)29/h5-6,9-10,12H,7-8,11,13H2,1-4H3,(H,30,33)(H,31,32). The van der Waals surface area contributed by atoms with Gasteiger partial charge in [-0.1, -0.05) is 20.8 Å². The molecule has 0 bridgehead atoms. The Morgan fingerprint density at radius 2 is 1.88 bits per heavy atom. The number of imidazole rings is 1. The molecular formula is C25H27F4N3O2. The number of nitrogens with zero attached hydrogens (tertiary/aromatic N) is 1. The molecule has 0 radical (unpaired) electrons. The summed E-state index contributed by atoms with van der Waals surface area (Å²) in [6, 6.07) is 7.81. The maximum atomic E-state index is 14.8. The van der Waals surface area contributed by atoms with Crippen LogP contribution in [0.1, 0.15) is 60.9 Å². The molecule has 4 rings (SSSR count). The summed E-state index contributed by atoms with van der Waals surface area (Å²) in [5.74, 6) is 0.123. The highest BCUT2D eigenvalue weighted by atomic mass is 19.4. The topological polar surface area (TPSA) is 67.0 Å². The zero-order chi connectivity index (χ0) is 24.9. The number of amides is 1. The van der Waals surface area contributed by atoms with Gasteiger partial charge in [-0.2, -0.15) is 13.2 Å². The summed E-state index contributed by atoms with van der Waals surface area (Å²) in [6.45, 7) is 5.49. The SMILES string of the molecule is COc1cc(Cc2nc3cc(C(=O)NCC4(C(F)(F)F)CC4)ccc3[nH]2)c(F)cc1C(C)(C)C. The van der Waals surface area contributed by atoms with Crippen LogP contribution >= 0.6 is 0 Å². The van der Waals surface area contributed by atoms with Crippen molar-refractivity contribution in [3.8, 4) is 5.75 Å². The van der Waals surface area contributed by atoms with Crippen molar-refractivity contribution in [2.75, 3.05) is 13.7 Å². The van der Waals surface area contributed by atoms with Crippen LogP contribution in [0.3, 0.4) is 0 Å². The van der Waals surface area contributed by atoms with Crippen LogP contribution in [-0.4, -0.2) is 35.7 Å². The third-order valence-electron chi connectivity index (χ3n) is 6.37. The molecule has 0 unspecified atom stereocenters. The van der Waals surface area contributed by atoms with Gasteiger partial charge in [-0.15, -0.1) is 0 Å². The second kappa shape index (κ2) is 8.29. The fourth-order valence-corrected chi connectivity index (χ4v) is 4.01. The second-order valence-electron chi connectivity index (χ2n) is 9.95. The Morgan fingerprint density at radius 1 is 1.18 bits per heavy atom. The molecule has 1 fully saturated rings. The fourth-order valence-electron chi connectivity index (χ4n) is 4.01. The molecule has 2 N–H and O–H groups in total. The van der Waals surface area contributed by atoms with Crippen molar-refractivity contribution in [2.24, 2.45) is 5.41 Å². The molecule has 1 aliphatic rings. The van der Waals surface area contributed by atoms with Crippen molar-refractivity contribution in [3.63, 3.8) is 0 Å². The van der Waals surface area contributed by atoms with Crippen LogP contribution in [0.5, 0.6) is 5.75 Å². The first kappa shape index (κ1) is 24.0. The van der Waals surface area contributed by atoms with E-state index in [9.17, 15) is 22.4 Å². The van der Waals surface area contributed by atoms with Crippen LogP contribution in [0.2, 0.25) is 0 Å². The molecule has 1 amide bonds. The zero-order valence-corrected chi connectivity index (χ0v) is 19.5. The number of methoxy groups -OCH3 is 1. The summed E-state index contributed by atoms with van der Waals surface area (Å²) < 4.78 is 59.6. The maximum absolute atomic E-state index is 14.8. The number of rotatable bonds is 6. The first-order valence-electron chi connectivity index (χ1n) is 11.0. The van der Waals surface area contributed by atoms with E-state index < -0.39 is 24.0 Å². The normalized spacial score (nSPS) is 15.4. The van der Waals surface area contributed by atoms with Crippen LogP contribution in [0, 0.1) is 11.2 Å². The van der Waals surface area contributed by atoms with Gasteiger partial charge in [0.05, 0.1) is 23.6 Å². The summed E-state index contributed by atoms with van der Waals surface area (Å²) in [4.78, 5) is 20.0. The van der Waals surface area contributed by atoms with Crippen LogP contribution in [0.15, 0.2) is 30.3 Å². The summed E-state index contributed by atoms with van der Waals surface area (Å²) in [6.07, 6.45) is -4.10. The first-order chi connectivity index (χ1) is 15.8. The van der Waals surface area contributed by atoms with Crippen LogP contribution < -0.4 is 10.1 Å². The van der Waals surface area contributed by atoms with E-state index in [0.717, 1.165) is 5.56 Å². The van der Waals surface area contributed by atoms with Gasteiger partial charge in [0.15, 0.2) is 0 Å². The van der Waals surface area contributed by atoms with Crippen molar-refractivity contribution in [1.82, 2.24) is 15.3 Å². The second-order valence-corrected chi connectivity index (χ2v) is 9.95. The highest BCUT2D eigenvalue weighted by molar-refractivity contribution is 5.97. The van der Waals surface area contributed by atoms with E-state index >= 15 is 0 Å². The molecule has 2 aromatic carbocycles. The molecule has 0 atom stereocenters. The Hall–Kier alpha value is -3.10. The Kier molecular flexibility index (Phi) is 5.86. The number of H-pyrrole nitrogens is 1. The van der Waals surface area contributed by atoms with Gasteiger partial charge in [0, 0.05) is 24.1 Å². The molecule has 1 saturated carbocycles. The number of carbonyl (C=O) groups excluding carboxylic acids is 1. The van der Waals surface area contributed by atoms with E-state index in [0.29, 0.717) is 28.2 Å². The van der Waals surface area contributed by atoms with Gasteiger partial charge in [-0.25, -0.2) is 9.37 Å². The minimum Gasteiger partial charge on any atom is -0.496 e. The average molecular weight is 478 g/mol. The fraction of sp³-hybridized carbons (Fsp3) is 0.440. The molecule has 3 aromatic rings. The van der Waals surface area contributed by atoms with Gasteiger partial charge < -0.3 is 15.0 Å². The summed E-state index contributed by atoms with van der Waals surface area (Å²) >= 11 is 0. The molecule has 0 spiro atoms. The van der Waals surface area contributed by atoms with Gasteiger partial charge >= 0.3 is 6.18 Å². The van der Waals surface area contributed by atoms with Crippen molar-refractivity contribution >= 4 is 16.9 Å². The Bertz CT molecular complexity index is 1240. The van der Waals surface area contributed by atoms with Crippen molar-refractivity contribution < 1.29 is 27.1 Å². The molecule has 1 aromatic heterocycles. The number of halogens is 4. The maximum Gasteiger partial charge on any atom is 0.396 e. The number of aromatic amines is 1. The quantitative estimate of drug-likeness (QED) is 0.450. The highest BCUT2D eigenvalue weighted by Crippen LogP contribution is 2.57. The third kappa shape index (κ3) is 4.60. The molecule has 0 aliphatic heterocycles. The number of hydrogen-bond acceptors (Lipinski definition) is 3. The molecular weight excluding hydrogens is 450 g/mol. The van der Waals surface area contributed by atoms with E-state index in [1.54, 1.807) is 19.2 Å². The lowest BCUT2D eigenvalue weighted by atomic mass is 9.85. The average Bonchev–Trinajstić information content (AvgIpc) is 3.45. The van der Waals surface area contributed by atoms with Gasteiger partial charge in [-0.3, -0.25) is 4.79 Å². The third-order valence-corrected chi connectivity index (χ3v) is 6.37. The number of benzene rings is 2. The number of fused-ring (bicyclic) bond motifs is 1. The van der Waals surface area contributed by atoms with E-state index in [-0.39, 0.29) is 36.1 Å². The summed E-state index contributed by atoms with van der Waals surface area (Å²) in [5, 5.41) is 2.40. The van der Waals surface area contributed by atoms with E-state index in [1.165, 1.54) is 18.2 Å². The molecule has 1 heterocycles. The van der Waals surface area contributed by atoms with Gasteiger partial charge in [0.1, 0.15) is 17.4 Å². The number of nitrogens with one attached hydrogen (secondary N) is 2. The monoisotopic (exact) mass is 477 g/mol. The Balaban J connectivity index is 1.52. The number of alkyl halides is 3. The lowest BCUT2D eigenvalue weighted by Gasteiger charge is -2.23. The molecule has 1 aliphatic carbocycles. The molecule has 0 saturated heterocycles. The smallest absolute Gasteiger partial charge is 0.396 e. The number of aromatic nitrogens is 2. The molecule has 5 nitrogen and oxygen atoms in total. The van der Waals surface area contributed by atoms with Crippen molar-refractivity contribution in [3.05, 3.63) is 58.7 Å². The highest BCUT2D eigenvalue weighted by Gasteiger charge is 2.63.